The second kappa shape index (κ2) is 12.3. The fourth-order valence-electron chi connectivity index (χ4n) is 3.83. The van der Waals surface area contributed by atoms with E-state index in [9.17, 15) is 26.3 Å². The molecule has 0 bridgehead atoms. The molecule has 0 atom stereocenters. The summed E-state index contributed by atoms with van der Waals surface area (Å²) in [6, 6.07) is 7.20. The van der Waals surface area contributed by atoms with Crippen LogP contribution in [0.25, 0.3) is 31.7 Å². The molecular formula is C28H30F6S3. The molecule has 0 aromatic carbocycles. The van der Waals surface area contributed by atoms with Crippen molar-refractivity contribution in [2.24, 2.45) is 0 Å². The van der Waals surface area contributed by atoms with Crippen molar-refractivity contribution in [2.45, 2.75) is 78.6 Å². The first-order chi connectivity index (χ1) is 17.3. The van der Waals surface area contributed by atoms with E-state index >= 15 is 0 Å². The lowest BCUT2D eigenvalue weighted by Gasteiger charge is -2.08. The lowest BCUT2D eigenvalue weighted by atomic mass is 9.97. The van der Waals surface area contributed by atoms with E-state index in [4.69, 9.17) is 0 Å². The number of thiophene rings is 3. The minimum absolute atomic E-state index is 0.544. The lowest BCUT2D eigenvalue weighted by Crippen LogP contribution is -2.08. The molecule has 0 N–H and O–H groups in total. The molecule has 3 rings (SSSR count). The van der Waals surface area contributed by atoms with Gasteiger partial charge in [-0.2, -0.15) is 26.3 Å². The van der Waals surface area contributed by atoms with Crippen molar-refractivity contribution in [2.75, 3.05) is 0 Å². The number of allylic oxidation sites excluding steroid dienone is 2. The van der Waals surface area contributed by atoms with Gasteiger partial charge in [0.05, 0.1) is 0 Å². The predicted molar refractivity (Wildman–Crippen MR) is 148 cm³/mol. The Morgan fingerprint density at radius 2 is 1.03 bits per heavy atom. The summed E-state index contributed by atoms with van der Waals surface area (Å²) in [5.41, 5.74) is 1.15. The van der Waals surface area contributed by atoms with Crippen LogP contribution in [0.2, 0.25) is 0 Å². The van der Waals surface area contributed by atoms with Crippen molar-refractivity contribution in [1.29, 1.82) is 0 Å². The average Bonchev–Trinajstić information content (AvgIpc) is 3.53. The summed E-state index contributed by atoms with van der Waals surface area (Å²) >= 11 is 4.28. The van der Waals surface area contributed by atoms with Gasteiger partial charge in [-0.25, -0.2) is 0 Å². The minimum atomic E-state index is -4.37. The molecule has 0 spiro atoms. The van der Waals surface area contributed by atoms with Crippen molar-refractivity contribution < 1.29 is 26.3 Å². The highest BCUT2D eigenvalue weighted by atomic mass is 32.1. The molecule has 0 fully saturated rings. The summed E-state index contributed by atoms with van der Waals surface area (Å²) in [7, 11) is 0. The second-order valence-electron chi connectivity index (χ2n) is 8.98. The van der Waals surface area contributed by atoms with Crippen molar-refractivity contribution in [3.63, 3.8) is 0 Å². The van der Waals surface area contributed by atoms with Crippen LogP contribution < -0.4 is 0 Å². The Hall–Kier alpha value is -1.84. The average molecular weight is 577 g/mol. The standard InChI is InChI=1S/C28H30F6S3/c1-5-7-9-21-22(10-8-6-2)26(24-14-12-20(36-24)16-18(4)28(32,33)34)37-25(21)23-13-11-19(35-23)15-17(3)27(29,30)31/h11-16H,5-10H2,1-4H3/b17-15-,18-16+. The Balaban J connectivity index is 2.11. The van der Waals surface area contributed by atoms with Crippen LogP contribution in [-0.2, 0) is 12.8 Å². The Kier molecular flexibility index (Phi) is 9.91. The molecule has 0 saturated heterocycles. The number of hydrogen-bond acceptors (Lipinski definition) is 3. The Morgan fingerprint density at radius 1 is 0.649 bits per heavy atom. The van der Waals surface area contributed by atoms with E-state index in [1.54, 1.807) is 23.5 Å². The second-order valence-corrected chi connectivity index (χ2v) is 12.2. The van der Waals surface area contributed by atoms with Gasteiger partial charge in [-0.1, -0.05) is 26.7 Å². The van der Waals surface area contributed by atoms with Gasteiger partial charge in [0.1, 0.15) is 0 Å². The van der Waals surface area contributed by atoms with Crippen molar-refractivity contribution in [3.05, 3.63) is 56.3 Å². The summed E-state index contributed by atoms with van der Waals surface area (Å²) in [6.45, 7) is 6.38. The quantitative estimate of drug-likeness (QED) is 0.211. The molecule has 0 aliphatic carbocycles. The molecule has 37 heavy (non-hydrogen) atoms. The molecular weight excluding hydrogens is 546 g/mol. The fourth-order valence-corrected chi connectivity index (χ4v) is 7.52. The van der Waals surface area contributed by atoms with Gasteiger partial charge in [0.15, 0.2) is 0 Å². The molecule has 9 heteroatoms. The van der Waals surface area contributed by atoms with Crippen LogP contribution in [0, 0.1) is 0 Å². The molecule has 0 radical (unpaired) electrons. The molecule has 0 unspecified atom stereocenters. The number of rotatable bonds is 10. The van der Waals surface area contributed by atoms with E-state index in [1.807, 2.05) is 12.1 Å². The largest absolute Gasteiger partial charge is 0.412 e. The van der Waals surface area contributed by atoms with Crippen LogP contribution in [0.15, 0.2) is 35.4 Å². The highest BCUT2D eigenvalue weighted by molar-refractivity contribution is 7.27. The minimum Gasteiger partial charge on any atom is -0.166 e. The van der Waals surface area contributed by atoms with E-state index < -0.39 is 23.5 Å². The van der Waals surface area contributed by atoms with Gasteiger partial charge < -0.3 is 0 Å². The Morgan fingerprint density at radius 3 is 1.35 bits per heavy atom. The summed E-state index contributed by atoms with van der Waals surface area (Å²) in [6.07, 6.45) is -0.689. The smallest absolute Gasteiger partial charge is 0.166 e. The first kappa shape index (κ1) is 29.7. The first-order valence-electron chi connectivity index (χ1n) is 12.2. The topological polar surface area (TPSA) is 0 Å². The van der Waals surface area contributed by atoms with Gasteiger partial charge in [-0.15, -0.1) is 34.0 Å². The van der Waals surface area contributed by atoms with Crippen LogP contribution >= 0.6 is 34.0 Å². The molecule has 0 aliphatic rings. The SMILES string of the molecule is CCCCc1c(-c2ccc(/C=C(/C)C(F)(F)F)s2)sc(-c2ccc(/C=C(\C)C(F)(F)F)s2)c1CCCC. The van der Waals surface area contributed by atoms with E-state index in [1.165, 1.54) is 46.0 Å². The zero-order valence-corrected chi connectivity index (χ0v) is 23.6. The van der Waals surface area contributed by atoms with Crippen LogP contribution in [0.1, 0.15) is 74.3 Å². The van der Waals surface area contributed by atoms with Gasteiger partial charge in [-0.05, 0) is 87.1 Å². The van der Waals surface area contributed by atoms with Crippen molar-refractivity contribution >= 4 is 46.2 Å². The van der Waals surface area contributed by atoms with Crippen LogP contribution in [0.4, 0.5) is 26.3 Å². The Labute approximate surface area is 226 Å². The van der Waals surface area contributed by atoms with Gasteiger partial charge >= 0.3 is 12.4 Å². The third kappa shape index (κ3) is 7.60. The van der Waals surface area contributed by atoms with Crippen LogP contribution in [-0.4, -0.2) is 12.4 Å². The Bertz CT molecular complexity index is 1150. The maximum absolute atomic E-state index is 13.0. The molecule has 0 nitrogen and oxygen atoms in total. The third-order valence-corrected chi connectivity index (χ3v) is 9.69. The zero-order valence-electron chi connectivity index (χ0n) is 21.2. The van der Waals surface area contributed by atoms with E-state index in [0.29, 0.717) is 9.75 Å². The summed E-state index contributed by atoms with van der Waals surface area (Å²) in [4.78, 5) is 5.04. The molecule has 0 saturated carbocycles. The zero-order chi connectivity index (χ0) is 27.4. The number of hydrogen-bond donors (Lipinski definition) is 0. The molecule has 3 aromatic rings. The predicted octanol–water partition coefficient (Wildman–Crippen LogP) is 11.8. The summed E-state index contributed by atoms with van der Waals surface area (Å²) in [5.74, 6) is 0. The van der Waals surface area contributed by atoms with Gasteiger partial charge in [-0.3, -0.25) is 0 Å². The number of unbranched alkanes of at least 4 members (excludes halogenated alkanes) is 2. The van der Waals surface area contributed by atoms with Crippen LogP contribution in [0.3, 0.4) is 0 Å². The highest BCUT2D eigenvalue weighted by Gasteiger charge is 2.31. The maximum atomic E-state index is 13.0. The van der Waals surface area contributed by atoms with Gasteiger partial charge in [0.2, 0.25) is 0 Å². The number of alkyl halides is 6. The van der Waals surface area contributed by atoms with Crippen molar-refractivity contribution in [3.8, 4) is 19.5 Å². The van der Waals surface area contributed by atoms with Gasteiger partial charge in [0, 0.05) is 40.4 Å². The molecule has 3 aromatic heterocycles. The number of halogens is 6. The first-order valence-corrected chi connectivity index (χ1v) is 14.7. The van der Waals surface area contributed by atoms with E-state index in [0.717, 1.165) is 71.9 Å². The van der Waals surface area contributed by atoms with Crippen LogP contribution in [0.5, 0.6) is 0 Å². The molecule has 0 amide bonds. The van der Waals surface area contributed by atoms with Gasteiger partial charge in [0.25, 0.3) is 0 Å². The van der Waals surface area contributed by atoms with Crippen molar-refractivity contribution in [1.82, 2.24) is 0 Å². The normalized spacial score (nSPS) is 13.6. The highest BCUT2D eigenvalue weighted by Crippen LogP contribution is 2.48. The monoisotopic (exact) mass is 576 g/mol. The molecule has 202 valence electrons. The molecule has 0 aliphatic heterocycles. The summed E-state index contributed by atoms with van der Waals surface area (Å²) in [5, 5.41) is 0. The van der Waals surface area contributed by atoms with E-state index in [2.05, 4.69) is 13.8 Å². The molecule has 3 heterocycles. The third-order valence-electron chi connectivity index (χ3n) is 5.99. The maximum Gasteiger partial charge on any atom is 0.412 e. The van der Waals surface area contributed by atoms with E-state index in [-0.39, 0.29) is 0 Å². The lowest BCUT2D eigenvalue weighted by molar-refractivity contribution is -0.0912. The summed E-state index contributed by atoms with van der Waals surface area (Å²) < 4.78 is 78.3. The fraction of sp³-hybridized carbons (Fsp3) is 0.429.